The monoisotopic (exact) mass is 314 g/mol. The van der Waals surface area contributed by atoms with E-state index in [1.807, 2.05) is 24.3 Å². The Bertz CT molecular complexity index is 718. The SMILES string of the molecule is CCN(CC)c1ccc(NC(=O)c2c(C)cc(=O)oc2C)cc1. The number of nitrogens with zero attached hydrogens (tertiary/aromatic N) is 1. The van der Waals surface area contributed by atoms with E-state index in [1.165, 1.54) is 6.07 Å². The Kier molecular flexibility index (Phi) is 5.21. The number of hydrogen-bond acceptors (Lipinski definition) is 4. The molecule has 0 spiro atoms. The normalized spacial score (nSPS) is 10.4. The van der Waals surface area contributed by atoms with Crippen LogP contribution in [0.25, 0.3) is 0 Å². The summed E-state index contributed by atoms with van der Waals surface area (Å²) in [4.78, 5) is 25.9. The minimum atomic E-state index is -0.444. The molecule has 1 aromatic heterocycles. The summed E-state index contributed by atoms with van der Waals surface area (Å²) in [5, 5.41) is 2.84. The van der Waals surface area contributed by atoms with Crippen LogP contribution < -0.4 is 15.8 Å². The maximum absolute atomic E-state index is 12.4. The molecule has 0 aliphatic rings. The van der Waals surface area contributed by atoms with Crippen LogP contribution in [0.5, 0.6) is 0 Å². The third-order valence-corrected chi connectivity index (χ3v) is 3.82. The Morgan fingerprint density at radius 1 is 1.13 bits per heavy atom. The van der Waals surface area contributed by atoms with E-state index >= 15 is 0 Å². The van der Waals surface area contributed by atoms with Crippen LogP contribution in [-0.4, -0.2) is 19.0 Å². The van der Waals surface area contributed by atoms with Crippen LogP contribution in [0.1, 0.15) is 35.5 Å². The summed E-state index contributed by atoms with van der Waals surface area (Å²) in [5.41, 5.74) is 2.38. The molecule has 1 N–H and O–H groups in total. The van der Waals surface area contributed by atoms with E-state index in [0.717, 1.165) is 18.8 Å². The lowest BCUT2D eigenvalue weighted by Crippen LogP contribution is -2.21. The highest BCUT2D eigenvalue weighted by atomic mass is 16.4. The third-order valence-electron chi connectivity index (χ3n) is 3.82. The predicted molar refractivity (Wildman–Crippen MR) is 92.4 cm³/mol. The molecule has 0 aliphatic heterocycles. The van der Waals surface area contributed by atoms with Gasteiger partial charge in [0.15, 0.2) is 0 Å². The van der Waals surface area contributed by atoms with Gasteiger partial charge in [0, 0.05) is 30.5 Å². The first kappa shape index (κ1) is 16.8. The van der Waals surface area contributed by atoms with Crippen LogP contribution in [0, 0.1) is 13.8 Å². The molecule has 2 aromatic rings. The van der Waals surface area contributed by atoms with Gasteiger partial charge in [0.25, 0.3) is 5.91 Å². The quantitative estimate of drug-likeness (QED) is 0.919. The van der Waals surface area contributed by atoms with Crippen molar-refractivity contribution in [3.63, 3.8) is 0 Å². The van der Waals surface area contributed by atoms with Gasteiger partial charge in [-0.3, -0.25) is 4.79 Å². The summed E-state index contributed by atoms with van der Waals surface area (Å²) in [6, 6.07) is 9.02. The van der Waals surface area contributed by atoms with Crippen molar-refractivity contribution in [2.24, 2.45) is 0 Å². The van der Waals surface area contributed by atoms with Crippen molar-refractivity contribution in [1.29, 1.82) is 0 Å². The zero-order valence-corrected chi connectivity index (χ0v) is 14.0. The average molecular weight is 314 g/mol. The van der Waals surface area contributed by atoms with Crippen LogP contribution in [0.4, 0.5) is 11.4 Å². The molecular weight excluding hydrogens is 292 g/mol. The molecule has 0 aliphatic carbocycles. The number of nitrogens with one attached hydrogen (secondary N) is 1. The average Bonchev–Trinajstić information content (AvgIpc) is 2.49. The maximum atomic E-state index is 12.4. The first-order valence-electron chi connectivity index (χ1n) is 7.74. The Morgan fingerprint density at radius 3 is 2.26 bits per heavy atom. The number of aryl methyl sites for hydroxylation is 2. The Hall–Kier alpha value is -2.56. The second-order valence-corrected chi connectivity index (χ2v) is 5.35. The molecular formula is C18H22N2O3. The summed E-state index contributed by atoms with van der Waals surface area (Å²) >= 11 is 0. The molecule has 0 radical (unpaired) electrons. The highest BCUT2D eigenvalue weighted by Gasteiger charge is 2.15. The molecule has 5 heteroatoms. The molecule has 0 saturated heterocycles. The predicted octanol–water partition coefficient (Wildman–Crippen LogP) is 3.36. The Labute approximate surface area is 135 Å². The molecule has 2 rings (SSSR count). The van der Waals surface area contributed by atoms with Gasteiger partial charge in [0.2, 0.25) is 0 Å². The highest BCUT2D eigenvalue weighted by molar-refractivity contribution is 6.05. The van der Waals surface area contributed by atoms with Crippen molar-refractivity contribution < 1.29 is 9.21 Å². The molecule has 1 aromatic carbocycles. The fourth-order valence-corrected chi connectivity index (χ4v) is 2.63. The number of carbonyl (C=O) groups is 1. The summed E-state index contributed by atoms with van der Waals surface area (Å²) in [6.45, 7) is 9.42. The van der Waals surface area contributed by atoms with E-state index in [4.69, 9.17) is 4.42 Å². The molecule has 0 unspecified atom stereocenters. The number of rotatable bonds is 5. The van der Waals surface area contributed by atoms with Crippen molar-refractivity contribution in [3.05, 3.63) is 57.6 Å². The maximum Gasteiger partial charge on any atom is 0.336 e. The lowest BCUT2D eigenvalue weighted by Gasteiger charge is -2.21. The zero-order chi connectivity index (χ0) is 17.0. The summed E-state index contributed by atoms with van der Waals surface area (Å²) in [7, 11) is 0. The molecule has 122 valence electrons. The minimum Gasteiger partial charge on any atom is -0.427 e. The molecule has 23 heavy (non-hydrogen) atoms. The minimum absolute atomic E-state index is 0.278. The molecule has 0 atom stereocenters. The molecule has 0 saturated carbocycles. The molecule has 0 bridgehead atoms. The van der Waals surface area contributed by atoms with Gasteiger partial charge < -0.3 is 14.6 Å². The van der Waals surface area contributed by atoms with E-state index in [9.17, 15) is 9.59 Å². The smallest absolute Gasteiger partial charge is 0.336 e. The van der Waals surface area contributed by atoms with Gasteiger partial charge in [-0.05, 0) is 57.5 Å². The largest absolute Gasteiger partial charge is 0.427 e. The van der Waals surface area contributed by atoms with Crippen molar-refractivity contribution in [3.8, 4) is 0 Å². The fourth-order valence-electron chi connectivity index (χ4n) is 2.63. The van der Waals surface area contributed by atoms with Crippen molar-refractivity contribution in [2.75, 3.05) is 23.3 Å². The van der Waals surface area contributed by atoms with Gasteiger partial charge in [-0.2, -0.15) is 0 Å². The van der Waals surface area contributed by atoms with Crippen LogP contribution in [0.15, 0.2) is 39.5 Å². The van der Waals surface area contributed by atoms with Gasteiger partial charge in [0.1, 0.15) is 5.76 Å². The molecule has 0 fully saturated rings. The summed E-state index contributed by atoms with van der Waals surface area (Å²) in [6.07, 6.45) is 0. The number of hydrogen-bond donors (Lipinski definition) is 1. The number of anilines is 2. The van der Waals surface area contributed by atoms with Crippen LogP contribution in [0.3, 0.4) is 0 Å². The first-order chi connectivity index (χ1) is 11.0. The van der Waals surface area contributed by atoms with E-state index in [-0.39, 0.29) is 5.91 Å². The van der Waals surface area contributed by atoms with Gasteiger partial charge >= 0.3 is 5.63 Å². The Balaban J connectivity index is 2.20. The first-order valence-corrected chi connectivity index (χ1v) is 7.74. The van der Waals surface area contributed by atoms with E-state index in [1.54, 1.807) is 13.8 Å². The molecule has 1 amide bonds. The van der Waals surface area contributed by atoms with E-state index < -0.39 is 5.63 Å². The van der Waals surface area contributed by atoms with E-state index in [0.29, 0.717) is 22.6 Å². The van der Waals surface area contributed by atoms with Gasteiger partial charge in [0.05, 0.1) is 5.56 Å². The van der Waals surface area contributed by atoms with Crippen molar-refractivity contribution in [2.45, 2.75) is 27.7 Å². The van der Waals surface area contributed by atoms with Gasteiger partial charge in [-0.1, -0.05) is 0 Å². The van der Waals surface area contributed by atoms with Gasteiger partial charge in [-0.15, -0.1) is 0 Å². The van der Waals surface area contributed by atoms with E-state index in [2.05, 4.69) is 24.1 Å². The summed E-state index contributed by atoms with van der Waals surface area (Å²) < 4.78 is 5.00. The number of amides is 1. The highest BCUT2D eigenvalue weighted by Crippen LogP contribution is 2.19. The lowest BCUT2D eigenvalue weighted by molar-refractivity contribution is 0.102. The summed E-state index contributed by atoms with van der Waals surface area (Å²) in [5.74, 6) is 0.0478. The van der Waals surface area contributed by atoms with Crippen LogP contribution in [-0.2, 0) is 0 Å². The standard InChI is InChI=1S/C18H22N2O3/c1-5-20(6-2)15-9-7-14(8-10-15)19-18(22)17-12(3)11-16(21)23-13(17)4/h7-11H,5-6H2,1-4H3,(H,19,22). The fraction of sp³-hybridized carbons (Fsp3) is 0.333. The second-order valence-electron chi connectivity index (χ2n) is 5.35. The number of carbonyl (C=O) groups excluding carboxylic acids is 1. The number of benzene rings is 1. The van der Waals surface area contributed by atoms with Crippen LogP contribution >= 0.6 is 0 Å². The van der Waals surface area contributed by atoms with Crippen molar-refractivity contribution >= 4 is 17.3 Å². The second kappa shape index (κ2) is 7.13. The topological polar surface area (TPSA) is 62.6 Å². The Morgan fingerprint density at radius 2 is 1.74 bits per heavy atom. The third kappa shape index (κ3) is 3.80. The van der Waals surface area contributed by atoms with Crippen molar-refractivity contribution in [1.82, 2.24) is 0 Å². The molecule has 1 heterocycles. The molecule has 5 nitrogen and oxygen atoms in total. The lowest BCUT2D eigenvalue weighted by atomic mass is 10.1. The van der Waals surface area contributed by atoms with Gasteiger partial charge in [-0.25, -0.2) is 4.79 Å². The zero-order valence-electron chi connectivity index (χ0n) is 14.0. The van der Waals surface area contributed by atoms with Crippen LogP contribution in [0.2, 0.25) is 0 Å².